The van der Waals surface area contributed by atoms with E-state index in [1.807, 2.05) is 12.1 Å². The molecule has 0 saturated heterocycles. The molecular formula is C17H22O2. The summed E-state index contributed by atoms with van der Waals surface area (Å²) in [6.07, 6.45) is 6.64. The average molecular weight is 258 g/mol. The van der Waals surface area contributed by atoms with Gasteiger partial charge in [-0.25, -0.2) is 0 Å². The zero-order chi connectivity index (χ0) is 13.2. The molecule has 1 heterocycles. The van der Waals surface area contributed by atoms with Crippen LogP contribution in [0, 0.1) is 11.8 Å². The predicted octanol–water partition coefficient (Wildman–Crippen LogP) is 4.02. The minimum absolute atomic E-state index is 0.224. The van der Waals surface area contributed by atoms with Gasteiger partial charge in [-0.3, -0.25) is 4.79 Å². The van der Waals surface area contributed by atoms with E-state index in [1.165, 1.54) is 18.4 Å². The first-order valence-corrected chi connectivity index (χ1v) is 7.58. The molecule has 2 atom stereocenters. The average Bonchev–Trinajstić information content (AvgIpc) is 2.95. The number of aryl methyl sites for hydroxylation is 1. The van der Waals surface area contributed by atoms with Crippen LogP contribution in [-0.4, -0.2) is 12.4 Å². The smallest absolute Gasteiger partial charge is 0.169 e. The van der Waals surface area contributed by atoms with Crippen molar-refractivity contribution in [1.82, 2.24) is 0 Å². The fourth-order valence-electron chi connectivity index (χ4n) is 3.49. The van der Waals surface area contributed by atoms with Gasteiger partial charge in [-0.15, -0.1) is 0 Å². The summed E-state index contributed by atoms with van der Waals surface area (Å²) in [6, 6.07) is 6.05. The van der Waals surface area contributed by atoms with Crippen molar-refractivity contribution in [3.63, 3.8) is 0 Å². The highest BCUT2D eigenvalue weighted by Crippen LogP contribution is 2.38. The Labute approximate surface area is 115 Å². The Bertz CT molecular complexity index is 478. The molecule has 0 amide bonds. The number of hydrogen-bond donors (Lipinski definition) is 0. The van der Waals surface area contributed by atoms with Crippen molar-refractivity contribution in [1.29, 1.82) is 0 Å². The van der Waals surface area contributed by atoms with Gasteiger partial charge in [-0.1, -0.05) is 25.5 Å². The lowest BCUT2D eigenvalue weighted by atomic mass is 9.91. The number of fused-ring (bicyclic) bond motifs is 1. The zero-order valence-corrected chi connectivity index (χ0v) is 11.7. The molecule has 2 unspecified atom stereocenters. The number of carbonyl (C=O) groups is 1. The number of hydrogen-bond acceptors (Lipinski definition) is 2. The quantitative estimate of drug-likeness (QED) is 0.765. The topological polar surface area (TPSA) is 26.3 Å². The van der Waals surface area contributed by atoms with E-state index in [9.17, 15) is 4.79 Å². The van der Waals surface area contributed by atoms with Crippen molar-refractivity contribution in [2.24, 2.45) is 11.8 Å². The number of carbonyl (C=O) groups excluding carboxylic acids is 1. The first kappa shape index (κ1) is 12.7. The van der Waals surface area contributed by atoms with Gasteiger partial charge in [0.25, 0.3) is 0 Å². The minimum Gasteiger partial charge on any atom is -0.493 e. The summed E-state index contributed by atoms with van der Waals surface area (Å²) in [5.41, 5.74) is 2.04. The maximum atomic E-state index is 12.7. The molecule has 2 nitrogen and oxygen atoms in total. The molecule has 0 N–H and O–H groups in total. The van der Waals surface area contributed by atoms with Crippen LogP contribution in [0.4, 0.5) is 0 Å². The van der Waals surface area contributed by atoms with E-state index >= 15 is 0 Å². The molecule has 1 aromatic carbocycles. The molecule has 0 bridgehead atoms. The first-order valence-electron chi connectivity index (χ1n) is 7.58. The van der Waals surface area contributed by atoms with E-state index < -0.39 is 0 Å². The summed E-state index contributed by atoms with van der Waals surface area (Å²) in [6.45, 7) is 2.98. The highest BCUT2D eigenvalue weighted by Gasteiger charge is 2.31. The Morgan fingerprint density at radius 1 is 1.37 bits per heavy atom. The number of para-hydroxylation sites is 1. The minimum atomic E-state index is 0.224. The third-order valence-corrected chi connectivity index (χ3v) is 4.69. The Hall–Kier alpha value is -1.31. The summed E-state index contributed by atoms with van der Waals surface area (Å²) in [4.78, 5) is 12.7. The van der Waals surface area contributed by atoms with E-state index in [-0.39, 0.29) is 5.92 Å². The van der Waals surface area contributed by atoms with Crippen LogP contribution >= 0.6 is 0 Å². The fraction of sp³-hybridized carbons (Fsp3) is 0.588. The molecule has 1 aromatic rings. The van der Waals surface area contributed by atoms with Gasteiger partial charge >= 0.3 is 0 Å². The molecule has 2 heteroatoms. The largest absolute Gasteiger partial charge is 0.493 e. The van der Waals surface area contributed by atoms with Gasteiger partial charge in [0, 0.05) is 5.92 Å². The molecule has 1 aliphatic heterocycles. The highest BCUT2D eigenvalue weighted by atomic mass is 16.5. The molecule has 0 spiro atoms. The van der Waals surface area contributed by atoms with Crippen LogP contribution < -0.4 is 4.74 Å². The van der Waals surface area contributed by atoms with Gasteiger partial charge < -0.3 is 4.74 Å². The van der Waals surface area contributed by atoms with Crippen LogP contribution in [0.5, 0.6) is 5.75 Å². The number of ketones is 1. The molecule has 1 aliphatic carbocycles. The van der Waals surface area contributed by atoms with Crippen molar-refractivity contribution in [2.75, 3.05) is 6.61 Å². The second kappa shape index (κ2) is 5.36. The van der Waals surface area contributed by atoms with Crippen LogP contribution in [-0.2, 0) is 6.42 Å². The van der Waals surface area contributed by atoms with Gasteiger partial charge in [0.1, 0.15) is 5.75 Å². The van der Waals surface area contributed by atoms with Gasteiger partial charge in [-0.05, 0) is 49.7 Å². The SMILES string of the molecule is CCC1CCC(C(=O)c2cccc3c2OCCC3)C1. The van der Waals surface area contributed by atoms with Crippen LogP contribution in [0.2, 0.25) is 0 Å². The molecule has 1 fully saturated rings. The number of rotatable bonds is 3. The van der Waals surface area contributed by atoms with Gasteiger partial charge in [-0.2, -0.15) is 0 Å². The van der Waals surface area contributed by atoms with Crippen LogP contribution in [0.1, 0.15) is 54.9 Å². The van der Waals surface area contributed by atoms with E-state index in [1.54, 1.807) is 0 Å². The van der Waals surface area contributed by atoms with Crippen LogP contribution in [0.3, 0.4) is 0 Å². The van der Waals surface area contributed by atoms with E-state index in [0.29, 0.717) is 5.78 Å². The maximum absolute atomic E-state index is 12.7. The summed E-state index contributed by atoms with van der Waals surface area (Å²) < 4.78 is 5.77. The molecule has 2 aliphatic rings. The van der Waals surface area contributed by atoms with Gasteiger partial charge in [0.15, 0.2) is 5.78 Å². The standard InChI is InChI=1S/C17H22O2/c1-2-12-8-9-14(11-12)16(18)15-7-3-5-13-6-4-10-19-17(13)15/h3,5,7,12,14H,2,4,6,8-11H2,1H3. The number of ether oxygens (including phenoxy) is 1. The second-order valence-corrected chi connectivity index (χ2v) is 5.89. The molecule has 102 valence electrons. The summed E-state index contributed by atoms with van der Waals surface area (Å²) in [5, 5.41) is 0. The van der Waals surface area contributed by atoms with Crippen molar-refractivity contribution in [3.8, 4) is 5.75 Å². The fourth-order valence-corrected chi connectivity index (χ4v) is 3.49. The first-order chi connectivity index (χ1) is 9.29. The summed E-state index contributed by atoms with van der Waals surface area (Å²) in [7, 11) is 0. The highest BCUT2D eigenvalue weighted by molar-refractivity contribution is 6.00. The Balaban J connectivity index is 1.84. The number of benzene rings is 1. The van der Waals surface area contributed by atoms with Crippen molar-refractivity contribution < 1.29 is 9.53 Å². The summed E-state index contributed by atoms with van der Waals surface area (Å²) >= 11 is 0. The monoisotopic (exact) mass is 258 g/mol. The molecule has 0 aromatic heterocycles. The molecule has 3 rings (SSSR count). The summed E-state index contributed by atoms with van der Waals surface area (Å²) in [5.74, 6) is 2.16. The number of Topliss-reactive ketones (excluding diaryl/α,β-unsaturated/α-hetero) is 1. The van der Waals surface area contributed by atoms with Crippen molar-refractivity contribution >= 4 is 5.78 Å². The Morgan fingerprint density at radius 2 is 2.26 bits per heavy atom. The third kappa shape index (κ3) is 2.41. The van der Waals surface area contributed by atoms with E-state index in [0.717, 1.165) is 49.5 Å². The molecular weight excluding hydrogens is 236 g/mol. The maximum Gasteiger partial charge on any atom is 0.169 e. The predicted molar refractivity (Wildman–Crippen MR) is 75.7 cm³/mol. The molecule has 0 radical (unpaired) electrons. The van der Waals surface area contributed by atoms with Gasteiger partial charge in [0.2, 0.25) is 0 Å². The van der Waals surface area contributed by atoms with Crippen LogP contribution in [0.25, 0.3) is 0 Å². The van der Waals surface area contributed by atoms with E-state index in [4.69, 9.17) is 4.74 Å². The van der Waals surface area contributed by atoms with E-state index in [2.05, 4.69) is 13.0 Å². The lowest BCUT2D eigenvalue weighted by Gasteiger charge is -2.21. The Kier molecular flexibility index (Phi) is 3.58. The lowest BCUT2D eigenvalue weighted by molar-refractivity contribution is 0.0914. The third-order valence-electron chi connectivity index (χ3n) is 4.69. The Morgan fingerprint density at radius 3 is 3.05 bits per heavy atom. The van der Waals surface area contributed by atoms with Crippen LogP contribution in [0.15, 0.2) is 18.2 Å². The molecule has 19 heavy (non-hydrogen) atoms. The van der Waals surface area contributed by atoms with Gasteiger partial charge in [0.05, 0.1) is 12.2 Å². The zero-order valence-electron chi connectivity index (χ0n) is 11.7. The lowest BCUT2D eigenvalue weighted by Crippen LogP contribution is -2.17. The van der Waals surface area contributed by atoms with Crippen molar-refractivity contribution in [3.05, 3.63) is 29.3 Å². The van der Waals surface area contributed by atoms with Crippen molar-refractivity contribution in [2.45, 2.75) is 45.4 Å². The molecule has 1 saturated carbocycles. The second-order valence-electron chi connectivity index (χ2n) is 5.89. The normalized spacial score (nSPS) is 25.7.